The molecule has 12 heteroatoms. The highest BCUT2D eigenvalue weighted by molar-refractivity contribution is 7.92. The molecule has 0 spiro atoms. The van der Waals surface area contributed by atoms with Gasteiger partial charge in [0.2, 0.25) is 11.8 Å². The molecule has 1 aliphatic heterocycles. The second-order valence-corrected chi connectivity index (χ2v) is 13.2. The highest BCUT2D eigenvalue weighted by Gasteiger charge is 2.38. The number of nitrogens with zero attached hydrogens (tertiary/aromatic N) is 2. The standard InChI is InChI=1S/C31H29F2N5O4S/c1-38-16-19-13-20(5-10-27(19)43(41,42)22-6-7-22)36-28(39)11-3-17-12-18(2-9-25(17)32)29(31(38)40)37-21-4-8-23-24(14-21)26(33)15-35-30(23)34/h2,4-5,8-10,12-15,22,29,37H,3,6-7,11,16H2,1H3,(H2,34,35)(H,36,39). The number of nitrogens with two attached hydrogens (primary N) is 1. The fraction of sp³-hybridized carbons (Fsp3) is 0.258. The Hall–Kier alpha value is -4.58. The van der Waals surface area contributed by atoms with Crippen molar-refractivity contribution in [3.8, 4) is 0 Å². The van der Waals surface area contributed by atoms with Crippen LogP contribution in [0.4, 0.5) is 26.0 Å². The van der Waals surface area contributed by atoms with Crippen LogP contribution < -0.4 is 16.4 Å². The van der Waals surface area contributed by atoms with Crippen molar-refractivity contribution < 1.29 is 26.8 Å². The van der Waals surface area contributed by atoms with Crippen LogP contribution in [-0.4, -0.2) is 42.4 Å². The first-order valence-corrected chi connectivity index (χ1v) is 15.4. The zero-order chi connectivity index (χ0) is 30.5. The molecule has 1 aliphatic carbocycles. The van der Waals surface area contributed by atoms with Crippen LogP contribution in [0.2, 0.25) is 0 Å². The zero-order valence-electron chi connectivity index (χ0n) is 23.2. The molecule has 0 saturated heterocycles. The van der Waals surface area contributed by atoms with Crippen molar-refractivity contribution in [2.45, 2.75) is 48.4 Å². The van der Waals surface area contributed by atoms with E-state index in [0.29, 0.717) is 40.7 Å². The minimum Gasteiger partial charge on any atom is -0.383 e. The van der Waals surface area contributed by atoms with Gasteiger partial charge in [-0.2, -0.15) is 0 Å². The molecule has 4 N–H and O–H groups in total. The van der Waals surface area contributed by atoms with Gasteiger partial charge >= 0.3 is 0 Å². The molecule has 2 amide bonds. The number of halogens is 2. The van der Waals surface area contributed by atoms with Crippen LogP contribution in [0.25, 0.3) is 10.8 Å². The molecule has 6 rings (SSSR count). The van der Waals surface area contributed by atoms with Crippen molar-refractivity contribution in [2.75, 3.05) is 23.4 Å². The number of sulfone groups is 1. The van der Waals surface area contributed by atoms with E-state index in [0.717, 1.165) is 6.20 Å². The number of likely N-dealkylation sites (N-methyl/N-ethyl adjacent to an activating group) is 1. The number of rotatable bonds is 4. The van der Waals surface area contributed by atoms with Crippen molar-refractivity contribution in [1.29, 1.82) is 0 Å². The summed E-state index contributed by atoms with van der Waals surface area (Å²) in [5.74, 6) is -1.75. The summed E-state index contributed by atoms with van der Waals surface area (Å²) in [6.45, 7) is -0.0788. The molecule has 2 aliphatic rings. The van der Waals surface area contributed by atoms with E-state index in [1.54, 1.807) is 25.2 Å². The van der Waals surface area contributed by atoms with Gasteiger partial charge in [-0.3, -0.25) is 9.59 Å². The third-order valence-electron chi connectivity index (χ3n) is 7.85. The number of nitrogens with one attached hydrogen (secondary N) is 2. The number of anilines is 3. The fourth-order valence-electron chi connectivity index (χ4n) is 5.38. The molecule has 1 saturated carbocycles. The zero-order valence-corrected chi connectivity index (χ0v) is 24.0. The van der Waals surface area contributed by atoms with E-state index < -0.39 is 38.7 Å². The van der Waals surface area contributed by atoms with E-state index in [-0.39, 0.29) is 47.0 Å². The van der Waals surface area contributed by atoms with Gasteiger partial charge in [0.15, 0.2) is 9.84 Å². The Labute approximate surface area is 247 Å². The van der Waals surface area contributed by atoms with Crippen LogP contribution in [0.1, 0.15) is 42.0 Å². The second kappa shape index (κ2) is 10.9. The third-order valence-corrected chi connectivity index (χ3v) is 10.2. The molecule has 1 fully saturated rings. The number of nitrogen functional groups attached to an aromatic ring is 1. The minimum absolute atomic E-state index is 0.0385. The molecule has 3 aromatic carbocycles. The van der Waals surface area contributed by atoms with Gasteiger partial charge < -0.3 is 21.3 Å². The summed E-state index contributed by atoms with van der Waals surface area (Å²) < 4.78 is 56.0. The monoisotopic (exact) mass is 605 g/mol. The fourth-order valence-corrected chi connectivity index (χ4v) is 7.24. The highest BCUT2D eigenvalue weighted by atomic mass is 32.2. The maximum Gasteiger partial charge on any atom is 0.249 e. The van der Waals surface area contributed by atoms with Crippen molar-refractivity contribution in [1.82, 2.24) is 9.88 Å². The molecule has 0 radical (unpaired) electrons. The summed E-state index contributed by atoms with van der Waals surface area (Å²) in [6.07, 6.45) is 2.19. The SMILES string of the molecule is CN1Cc2cc(ccc2S(=O)(=O)C2CC2)NC(=O)CCc2cc(ccc2F)C(Nc2ccc3c(N)ncc(F)c3c2)C1=O. The van der Waals surface area contributed by atoms with E-state index in [9.17, 15) is 26.8 Å². The second-order valence-electron chi connectivity index (χ2n) is 11.0. The summed E-state index contributed by atoms with van der Waals surface area (Å²) >= 11 is 0. The molecule has 9 nitrogen and oxygen atoms in total. The predicted octanol–water partition coefficient (Wildman–Crippen LogP) is 4.73. The molecular weight excluding hydrogens is 576 g/mol. The lowest BCUT2D eigenvalue weighted by molar-refractivity contribution is -0.131. The Morgan fingerprint density at radius 3 is 2.51 bits per heavy atom. The Morgan fingerprint density at radius 1 is 0.953 bits per heavy atom. The van der Waals surface area contributed by atoms with Gasteiger partial charge in [0.05, 0.1) is 16.3 Å². The van der Waals surface area contributed by atoms with Gasteiger partial charge in [0.25, 0.3) is 0 Å². The van der Waals surface area contributed by atoms with Gasteiger partial charge in [0.1, 0.15) is 23.5 Å². The normalized spacial score (nSPS) is 17.8. The Balaban J connectivity index is 1.43. The van der Waals surface area contributed by atoms with E-state index in [1.165, 1.54) is 41.3 Å². The van der Waals surface area contributed by atoms with Gasteiger partial charge in [0, 0.05) is 42.2 Å². The molecule has 1 aromatic heterocycles. The van der Waals surface area contributed by atoms with Crippen LogP contribution in [0.15, 0.2) is 65.7 Å². The summed E-state index contributed by atoms with van der Waals surface area (Å²) in [6, 6.07) is 12.5. The summed E-state index contributed by atoms with van der Waals surface area (Å²) in [7, 11) is -2.08. The molecule has 2 heterocycles. The summed E-state index contributed by atoms with van der Waals surface area (Å²) in [5, 5.41) is 6.06. The minimum atomic E-state index is -3.62. The Kier molecular flexibility index (Phi) is 7.25. The first-order chi connectivity index (χ1) is 20.5. The van der Waals surface area contributed by atoms with E-state index >= 15 is 0 Å². The topological polar surface area (TPSA) is 134 Å². The van der Waals surface area contributed by atoms with Crippen LogP contribution in [-0.2, 0) is 32.4 Å². The van der Waals surface area contributed by atoms with Crippen LogP contribution in [0.5, 0.6) is 0 Å². The molecular formula is C31H29F2N5O4S. The molecule has 222 valence electrons. The number of carbonyl (C=O) groups is 2. The average Bonchev–Trinajstić information content (AvgIpc) is 3.83. The Bertz CT molecular complexity index is 1900. The van der Waals surface area contributed by atoms with Crippen LogP contribution in [0, 0.1) is 11.6 Å². The summed E-state index contributed by atoms with van der Waals surface area (Å²) in [5.41, 5.74) is 7.72. The maximum absolute atomic E-state index is 14.8. The van der Waals surface area contributed by atoms with Gasteiger partial charge in [-0.1, -0.05) is 12.1 Å². The molecule has 4 aromatic rings. The summed E-state index contributed by atoms with van der Waals surface area (Å²) in [4.78, 5) is 32.2. The lowest BCUT2D eigenvalue weighted by Gasteiger charge is -2.27. The molecule has 1 unspecified atom stereocenters. The van der Waals surface area contributed by atoms with Crippen molar-refractivity contribution >= 4 is 49.6 Å². The first-order valence-electron chi connectivity index (χ1n) is 13.8. The number of benzene rings is 3. The Morgan fingerprint density at radius 2 is 1.74 bits per heavy atom. The highest BCUT2D eigenvalue weighted by Crippen LogP contribution is 2.37. The number of amides is 2. The van der Waals surface area contributed by atoms with Crippen molar-refractivity contribution in [2.24, 2.45) is 0 Å². The van der Waals surface area contributed by atoms with E-state index in [1.807, 2.05) is 0 Å². The third kappa shape index (κ3) is 5.62. The average molecular weight is 606 g/mol. The van der Waals surface area contributed by atoms with E-state index in [4.69, 9.17) is 5.73 Å². The van der Waals surface area contributed by atoms with Crippen molar-refractivity contribution in [3.63, 3.8) is 0 Å². The number of hydrogen-bond acceptors (Lipinski definition) is 7. The lowest BCUT2D eigenvalue weighted by atomic mass is 9.98. The molecule has 4 bridgehead atoms. The first kappa shape index (κ1) is 28.5. The quantitative estimate of drug-likeness (QED) is 0.306. The van der Waals surface area contributed by atoms with Gasteiger partial charge in [-0.15, -0.1) is 0 Å². The number of fused-ring (bicyclic) bond motifs is 5. The largest absolute Gasteiger partial charge is 0.383 e. The number of aromatic nitrogens is 1. The van der Waals surface area contributed by atoms with Crippen LogP contribution >= 0.6 is 0 Å². The molecule has 1 atom stereocenters. The lowest BCUT2D eigenvalue weighted by Crippen LogP contribution is -2.35. The number of pyridine rings is 1. The van der Waals surface area contributed by atoms with Crippen molar-refractivity contribution in [3.05, 3.63) is 89.1 Å². The maximum atomic E-state index is 14.8. The predicted molar refractivity (Wildman–Crippen MR) is 159 cm³/mol. The number of aryl methyl sites for hydroxylation is 1. The van der Waals surface area contributed by atoms with Gasteiger partial charge in [-0.25, -0.2) is 22.2 Å². The van der Waals surface area contributed by atoms with Gasteiger partial charge in [-0.05, 0) is 78.4 Å². The molecule has 43 heavy (non-hydrogen) atoms. The smallest absolute Gasteiger partial charge is 0.249 e. The number of carbonyl (C=O) groups excluding carboxylic acids is 2. The van der Waals surface area contributed by atoms with E-state index in [2.05, 4.69) is 15.6 Å². The van der Waals surface area contributed by atoms with Crippen LogP contribution in [0.3, 0.4) is 0 Å². The number of hydrogen-bond donors (Lipinski definition) is 3.